The van der Waals surface area contributed by atoms with Crippen LogP contribution in [0.3, 0.4) is 0 Å². The van der Waals surface area contributed by atoms with Gasteiger partial charge in [-0.25, -0.2) is 9.13 Å². The second kappa shape index (κ2) is 62.6. The molecule has 0 amide bonds. The van der Waals surface area contributed by atoms with Crippen molar-refractivity contribution in [3.05, 3.63) is 0 Å². The smallest absolute Gasteiger partial charge is 0.462 e. The number of ether oxygens (including phenoxy) is 4. The second-order valence-corrected chi connectivity index (χ2v) is 30.9. The third kappa shape index (κ3) is 65.4. The van der Waals surface area contributed by atoms with E-state index in [0.717, 1.165) is 108 Å². The fourth-order valence-corrected chi connectivity index (χ4v) is 12.6. The molecular weight excluding hydrogens is 1210 g/mol. The highest BCUT2D eigenvalue weighted by atomic mass is 31.2. The number of aliphatic hydroxyl groups excluding tert-OH is 1. The van der Waals surface area contributed by atoms with Crippen LogP contribution in [0.1, 0.15) is 364 Å². The van der Waals surface area contributed by atoms with E-state index in [-0.39, 0.29) is 25.7 Å². The maximum atomic E-state index is 13.0. The first-order valence-corrected chi connectivity index (χ1v) is 40.7. The molecule has 0 aromatic carbocycles. The fraction of sp³-hybridized carbons (Fsp3) is 0.945. The molecule has 0 saturated heterocycles. The van der Waals surface area contributed by atoms with Crippen LogP contribution in [0, 0.1) is 23.7 Å². The van der Waals surface area contributed by atoms with E-state index >= 15 is 0 Å². The minimum Gasteiger partial charge on any atom is -0.462 e. The lowest BCUT2D eigenvalue weighted by Crippen LogP contribution is -2.30. The molecule has 0 radical (unpaired) electrons. The number of carbonyl (C=O) groups excluding carboxylic acids is 4. The van der Waals surface area contributed by atoms with Gasteiger partial charge in [-0.1, -0.05) is 312 Å². The van der Waals surface area contributed by atoms with Gasteiger partial charge in [-0.2, -0.15) is 0 Å². The summed E-state index contributed by atoms with van der Waals surface area (Å²) in [6.45, 7) is 14.1. The second-order valence-electron chi connectivity index (χ2n) is 28.0. The van der Waals surface area contributed by atoms with Crippen molar-refractivity contribution in [1.82, 2.24) is 0 Å². The number of unbranched alkanes of at least 4 members (excludes halogenated alkanes) is 35. The molecule has 0 aliphatic carbocycles. The molecule has 4 unspecified atom stereocenters. The van der Waals surface area contributed by atoms with Gasteiger partial charge in [0.1, 0.15) is 19.3 Å². The summed E-state index contributed by atoms with van der Waals surface area (Å²) in [6, 6.07) is 0. The minimum atomic E-state index is -4.95. The topological polar surface area (TPSA) is 237 Å². The minimum absolute atomic E-state index is 0.102. The number of carbonyl (C=O) groups is 4. The van der Waals surface area contributed by atoms with Crippen molar-refractivity contribution in [3.8, 4) is 0 Å². The predicted molar refractivity (Wildman–Crippen MR) is 372 cm³/mol. The van der Waals surface area contributed by atoms with Crippen molar-refractivity contribution >= 4 is 39.5 Å². The van der Waals surface area contributed by atoms with Gasteiger partial charge in [0.2, 0.25) is 0 Å². The summed E-state index contributed by atoms with van der Waals surface area (Å²) in [4.78, 5) is 72.6. The first-order valence-electron chi connectivity index (χ1n) is 37.7. The molecule has 0 bridgehead atoms. The molecule has 546 valence electrons. The molecular formula is C73H142O17P2. The van der Waals surface area contributed by atoms with Gasteiger partial charge < -0.3 is 33.8 Å². The van der Waals surface area contributed by atoms with E-state index < -0.39 is 97.5 Å². The molecule has 0 heterocycles. The van der Waals surface area contributed by atoms with Crippen LogP contribution in [-0.4, -0.2) is 96.7 Å². The highest BCUT2D eigenvalue weighted by molar-refractivity contribution is 7.47. The van der Waals surface area contributed by atoms with Gasteiger partial charge >= 0.3 is 39.5 Å². The molecule has 0 aliphatic rings. The summed E-state index contributed by atoms with van der Waals surface area (Å²) in [5.41, 5.74) is 0. The summed E-state index contributed by atoms with van der Waals surface area (Å²) in [5, 5.41) is 10.6. The summed E-state index contributed by atoms with van der Waals surface area (Å²) in [5.74, 6) is 0.833. The zero-order chi connectivity index (χ0) is 68.2. The quantitative estimate of drug-likeness (QED) is 0.0222. The van der Waals surface area contributed by atoms with E-state index in [9.17, 15) is 43.2 Å². The van der Waals surface area contributed by atoms with Gasteiger partial charge in [0.15, 0.2) is 12.2 Å². The Morgan fingerprint density at radius 1 is 0.304 bits per heavy atom. The number of phosphoric acid groups is 2. The molecule has 0 rings (SSSR count). The number of rotatable bonds is 70. The Labute approximate surface area is 562 Å². The van der Waals surface area contributed by atoms with Crippen LogP contribution >= 0.6 is 15.6 Å². The van der Waals surface area contributed by atoms with Crippen LogP contribution < -0.4 is 0 Å². The molecule has 0 spiro atoms. The van der Waals surface area contributed by atoms with E-state index in [2.05, 4.69) is 55.4 Å². The van der Waals surface area contributed by atoms with Crippen LogP contribution in [0.4, 0.5) is 0 Å². The van der Waals surface area contributed by atoms with Crippen molar-refractivity contribution in [1.29, 1.82) is 0 Å². The Morgan fingerprint density at radius 2 is 0.522 bits per heavy atom. The molecule has 6 atom stereocenters. The SMILES string of the molecule is CCC(C)CCCCCCCCC(=O)O[C@H](COC(=O)CCCCCCCCCCCCCCCCCCCCC(C)C)COP(=O)(O)OCC(O)COP(=O)(O)OC[C@@H](COC(=O)CCCCCCCCCCC(C)C)OC(=O)CCCCCCCCCC(C)C. The maximum Gasteiger partial charge on any atom is 0.472 e. The highest BCUT2D eigenvalue weighted by Gasteiger charge is 2.30. The van der Waals surface area contributed by atoms with Crippen molar-refractivity contribution in [2.75, 3.05) is 39.6 Å². The highest BCUT2D eigenvalue weighted by Crippen LogP contribution is 2.45. The molecule has 0 aromatic heterocycles. The molecule has 19 heteroatoms. The summed E-state index contributed by atoms with van der Waals surface area (Å²) in [7, 11) is -9.90. The Kier molecular flexibility index (Phi) is 61.3. The summed E-state index contributed by atoms with van der Waals surface area (Å²) in [6.07, 6.45) is 46.2. The van der Waals surface area contributed by atoms with Crippen LogP contribution in [0.5, 0.6) is 0 Å². The van der Waals surface area contributed by atoms with Gasteiger partial charge in [0.05, 0.1) is 26.4 Å². The molecule has 0 saturated carbocycles. The Balaban J connectivity index is 5.13. The standard InChI is InChI=1S/C73H142O17P2/c1-9-66(8)52-44-36-31-32-40-48-56-73(78)90-69(60-83-70(75)53-45-37-28-21-19-17-15-13-11-10-12-14-16-18-20-25-33-41-49-63(2)3)62-88-92(81,82)86-58-67(74)57-85-91(79,80)87-61-68(89-72(77)55-47-39-30-24-27-35-43-51-65(6)7)59-84-71(76)54-46-38-29-23-22-26-34-42-50-64(4)5/h63-69,74H,9-62H2,1-8H3,(H,79,80)(H,81,82)/t66?,67?,68-,69-/m1/s1. The largest absolute Gasteiger partial charge is 0.472 e. The van der Waals surface area contributed by atoms with Crippen LogP contribution in [0.15, 0.2) is 0 Å². The number of esters is 4. The lowest BCUT2D eigenvalue weighted by atomic mass is 10.00. The van der Waals surface area contributed by atoms with Crippen LogP contribution in [0.2, 0.25) is 0 Å². The van der Waals surface area contributed by atoms with Gasteiger partial charge in [-0.15, -0.1) is 0 Å². The van der Waals surface area contributed by atoms with E-state index in [1.807, 2.05) is 0 Å². The average molecular weight is 1350 g/mol. The summed E-state index contributed by atoms with van der Waals surface area (Å²) < 4.78 is 68.3. The third-order valence-corrected chi connectivity index (χ3v) is 19.1. The molecule has 0 aliphatic heterocycles. The maximum absolute atomic E-state index is 13.0. The molecule has 3 N–H and O–H groups in total. The molecule has 0 fully saturated rings. The van der Waals surface area contributed by atoms with Gasteiger partial charge in [-0.05, 0) is 49.4 Å². The fourth-order valence-electron chi connectivity index (χ4n) is 11.0. The summed E-state index contributed by atoms with van der Waals surface area (Å²) >= 11 is 0. The van der Waals surface area contributed by atoms with Crippen molar-refractivity contribution in [3.63, 3.8) is 0 Å². The monoisotopic (exact) mass is 1350 g/mol. The van der Waals surface area contributed by atoms with Crippen LogP contribution in [0.25, 0.3) is 0 Å². The number of phosphoric ester groups is 2. The molecule has 0 aromatic rings. The Hall–Kier alpha value is -1.94. The van der Waals surface area contributed by atoms with Crippen molar-refractivity contribution in [2.24, 2.45) is 23.7 Å². The first-order chi connectivity index (χ1) is 44.1. The number of hydrogen-bond donors (Lipinski definition) is 3. The molecule has 92 heavy (non-hydrogen) atoms. The van der Waals surface area contributed by atoms with Crippen molar-refractivity contribution in [2.45, 2.75) is 382 Å². The lowest BCUT2D eigenvalue weighted by molar-refractivity contribution is -0.161. The van der Waals surface area contributed by atoms with E-state index in [1.54, 1.807) is 0 Å². The lowest BCUT2D eigenvalue weighted by Gasteiger charge is -2.21. The van der Waals surface area contributed by atoms with Crippen LogP contribution in [-0.2, 0) is 65.4 Å². The van der Waals surface area contributed by atoms with E-state index in [1.165, 1.54) is 167 Å². The number of hydrogen-bond acceptors (Lipinski definition) is 15. The number of aliphatic hydroxyl groups is 1. The average Bonchev–Trinajstić information content (AvgIpc) is 2.45. The zero-order valence-corrected chi connectivity index (χ0v) is 62.0. The van der Waals surface area contributed by atoms with Gasteiger partial charge in [-0.3, -0.25) is 37.3 Å². The first kappa shape index (κ1) is 90.1. The zero-order valence-electron chi connectivity index (χ0n) is 60.2. The van der Waals surface area contributed by atoms with E-state index in [0.29, 0.717) is 31.6 Å². The van der Waals surface area contributed by atoms with Gasteiger partial charge in [0, 0.05) is 25.7 Å². The molecule has 17 nitrogen and oxygen atoms in total. The predicted octanol–water partition coefficient (Wildman–Crippen LogP) is 20.9. The normalized spacial score (nSPS) is 14.5. The van der Waals surface area contributed by atoms with E-state index in [4.69, 9.17) is 37.0 Å². The van der Waals surface area contributed by atoms with Crippen molar-refractivity contribution < 1.29 is 80.2 Å². The van der Waals surface area contributed by atoms with Gasteiger partial charge in [0.25, 0.3) is 0 Å². The Bertz CT molecular complexity index is 1820. The Morgan fingerprint density at radius 3 is 0.772 bits per heavy atom. The third-order valence-electron chi connectivity index (χ3n) is 17.2.